The van der Waals surface area contributed by atoms with Gasteiger partial charge in [-0.2, -0.15) is 0 Å². The second-order valence-corrected chi connectivity index (χ2v) is 6.15. The van der Waals surface area contributed by atoms with Gasteiger partial charge in [-0.25, -0.2) is 0 Å². The zero-order valence-corrected chi connectivity index (χ0v) is 14.2. The molecule has 0 bridgehead atoms. The number of likely N-dealkylation sites (tertiary alicyclic amines) is 1. The molecule has 1 aliphatic heterocycles. The van der Waals surface area contributed by atoms with Crippen LogP contribution in [0.1, 0.15) is 12.8 Å². The fraction of sp³-hybridized carbons (Fsp3) is 0.538. The lowest BCUT2D eigenvalue weighted by molar-refractivity contribution is -0.895. The number of nitrogens with zero attached hydrogens (tertiary/aromatic N) is 4. The van der Waals surface area contributed by atoms with Gasteiger partial charge in [0.25, 0.3) is 17.1 Å². The molecule has 2 rings (SSSR count). The van der Waals surface area contributed by atoms with E-state index >= 15 is 0 Å². The number of non-ortho nitro benzene ring substituents is 1. The largest absolute Gasteiger partial charge is 0.863 e. The summed E-state index contributed by atoms with van der Waals surface area (Å²) in [5, 5.41) is 42.1. The normalized spacial score (nSPS) is 15.1. The Bertz CT molecular complexity index is 641. The van der Waals surface area contributed by atoms with Crippen LogP contribution in [0.15, 0.2) is 12.1 Å². The molecule has 138 valence electrons. The molecule has 0 amide bonds. The Morgan fingerprint density at radius 1 is 1.00 bits per heavy atom. The van der Waals surface area contributed by atoms with Crippen molar-refractivity contribution in [2.75, 3.05) is 32.6 Å². The topological polar surface area (TPSA) is 152 Å². The first kappa shape index (κ1) is 20.5. The van der Waals surface area contributed by atoms with E-state index in [9.17, 15) is 35.4 Å². The predicted octanol–water partition coefficient (Wildman–Crippen LogP) is 1.95. The maximum atomic E-state index is 11.1. The molecule has 1 fully saturated rings. The first-order valence-corrected chi connectivity index (χ1v) is 7.82. The average molecular weight is 377 g/mol. The van der Waals surface area contributed by atoms with Gasteiger partial charge in [0.2, 0.25) is 0 Å². The van der Waals surface area contributed by atoms with Crippen molar-refractivity contribution in [3.05, 3.63) is 42.5 Å². The summed E-state index contributed by atoms with van der Waals surface area (Å²) in [6, 6.07) is 0.769. The van der Waals surface area contributed by atoms with Crippen molar-refractivity contribution in [1.82, 2.24) is 0 Å². The van der Waals surface area contributed by atoms with E-state index in [1.807, 2.05) is 0 Å². The third-order valence-electron chi connectivity index (χ3n) is 3.91. The molecule has 0 spiro atoms. The van der Waals surface area contributed by atoms with Crippen molar-refractivity contribution in [2.24, 2.45) is 0 Å². The zero-order chi connectivity index (χ0) is 19.2. The van der Waals surface area contributed by atoms with E-state index in [1.165, 1.54) is 30.4 Å². The molecule has 0 saturated carbocycles. The molecule has 25 heavy (non-hydrogen) atoms. The summed E-state index contributed by atoms with van der Waals surface area (Å²) < 4.78 is 1.21. The Morgan fingerprint density at radius 2 is 1.44 bits per heavy atom. The van der Waals surface area contributed by atoms with Crippen LogP contribution >= 0.6 is 11.6 Å². The van der Waals surface area contributed by atoms with E-state index in [-0.39, 0.29) is 0 Å². The number of alkyl halides is 1. The van der Waals surface area contributed by atoms with Gasteiger partial charge in [-0.1, -0.05) is 0 Å². The standard InChI is InChI=1S/C7H15ClN.C6H3N3O7/c1-9(7-4-8)5-2-3-6-9;10-6-4(8(13)14)1-3(7(11)12)2-5(6)9(15)16/h2-7H2,1H3;1-2,10H/q+1;/p-1. The maximum Gasteiger partial charge on any atom is 0.283 e. The zero-order valence-electron chi connectivity index (χ0n) is 13.4. The number of nitro groups is 3. The van der Waals surface area contributed by atoms with E-state index in [0.29, 0.717) is 12.1 Å². The van der Waals surface area contributed by atoms with Crippen molar-refractivity contribution < 1.29 is 24.4 Å². The van der Waals surface area contributed by atoms with Crippen LogP contribution in [0, 0.1) is 30.3 Å². The number of quaternary nitrogens is 1. The van der Waals surface area contributed by atoms with Gasteiger partial charge in [0.1, 0.15) is 0 Å². The third-order valence-corrected chi connectivity index (χ3v) is 4.08. The van der Waals surface area contributed by atoms with Crippen molar-refractivity contribution in [3.63, 3.8) is 0 Å². The van der Waals surface area contributed by atoms with Gasteiger partial charge >= 0.3 is 0 Å². The number of hydrogen-bond donors (Lipinski definition) is 0. The Balaban J connectivity index is 0.000000293. The Kier molecular flexibility index (Phi) is 7.00. The summed E-state index contributed by atoms with van der Waals surface area (Å²) >= 11 is 5.66. The molecule has 0 radical (unpaired) electrons. The number of halogens is 1. The quantitative estimate of drug-likeness (QED) is 0.329. The molecule has 0 aromatic heterocycles. The fourth-order valence-corrected chi connectivity index (χ4v) is 2.90. The molecule has 1 heterocycles. The molecule has 1 aliphatic rings. The average Bonchev–Trinajstić information content (AvgIpc) is 2.94. The summed E-state index contributed by atoms with van der Waals surface area (Å²) in [4.78, 5) is 27.5. The van der Waals surface area contributed by atoms with Crippen molar-refractivity contribution >= 4 is 28.7 Å². The van der Waals surface area contributed by atoms with Crippen LogP contribution in [-0.4, -0.2) is 51.8 Å². The molecule has 1 aromatic rings. The summed E-state index contributed by atoms with van der Waals surface area (Å²) in [5.41, 5.74) is -3.26. The highest BCUT2D eigenvalue weighted by atomic mass is 35.5. The van der Waals surface area contributed by atoms with Crippen LogP contribution in [0.5, 0.6) is 5.75 Å². The van der Waals surface area contributed by atoms with E-state index in [4.69, 9.17) is 11.6 Å². The molecule has 12 heteroatoms. The molecular formula is C13H17ClN4O7. The number of benzene rings is 1. The van der Waals surface area contributed by atoms with Crippen LogP contribution in [0.25, 0.3) is 0 Å². The lowest BCUT2D eigenvalue weighted by Crippen LogP contribution is -2.42. The first-order valence-electron chi connectivity index (χ1n) is 7.29. The van der Waals surface area contributed by atoms with Crippen molar-refractivity contribution in [2.45, 2.75) is 12.8 Å². The number of nitro benzene ring substituents is 3. The molecule has 0 N–H and O–H groups in total. The van der Waals surface area contributed by atoms with E-state index < -0.39 is 37.6 Å². The third kappa shape index (κ3) is 5.50. The lowest BCUT2D eigenvalue weighted by Gasteiger charge is -2.27. The minimum atomic E-state index is -1.46. The summed E-state index contributed by atoms with van der Waals surface area (Å²) in [7, 11) is 2.30. The molecule has 1 aromatic carbocycles. The van der Waals surface area contributed by atoms with Gasteiger partial charge in [0.15, 0.2) is 0 Å². The molecule has 0 aliphatic carbocycles. The highest BCUT2D eigenvalue weighted by molar-refractivity contribution is 6.17. The maximum absolute atomic E-state index is 11.1. The minimum Gasteiger partial charge on any atom is -0.863 e. The SMILES string of the molecule is C[N+]1(CCCl)CCCC1.O=[N+]([O-])c1cc([N+](=O)[O-])c([O-])c([N+](=O)[O-])c1. The summed E-state index contributed by atoms with van der Waals surface area (Å²) in [6.07, 6.45) is 2.79. The van der Waals surface area contributed by atoms with Gasteiger partial charge in [-0.15, -0.1) is 11.6 Å². The van der Waals surface area contributed by atoms with Gasteiger partial charge in [0, 0.05) is 12.8 Å². The van der Waals surface area contributed by atoms with E-state index in [0.717, 1.165) is 12.4 Å². The van der Waals surface area contributed by atoms with Crippen molar-refractivity contribution in [3.8, 4) is 5.75 Å². The Labute approximate surface area is 147 Å². The second-order valence-electron chi connectivity index (χ2n) is 5.77. The molecule has 1 saturated heterocycles. The van der Waals surface area contributed by atoms with Gasteiger partial charge in [-0.3, -0.25) is 30.3 Å². The minimum absolute atomic E-state index is 0.384. The van der Waals surface area contributed by atoms with E-state index in [2.05, 4.69) is 7.05 Å². The monoisotopic (exact) mass is 376 g/mol. The van der Waals surface area contributed by atoms with E-state index in [1.54, 1.807) is 0 Å². The van der Waals surface area contributed by atoms with Crippen LogP contribution in [0.3, 0.4) is 0 Å². The molecule has 0 atom stereocenters. The number of hydrogen-bond acceptors (Lipinski definition) is 7. The molecular weight excluding hydrogens is 360 g/mol. The second kappa shape index (κ2) is 8.53. The van der Waals surface area contributed by atoms with Crippen molar-refractivity contribution in [1.29, 1.82) is 0 Å². The Hall–Kier alpha value is -2.53. The van der Waals surface area contributed by atoms with Gasteiger partial charge in [-0.05, 0) is 0 Å². The summed E-state index contributed by atoms with van der Waals surface area (Å²) in [5.74, 6) is -0.642. The smallest absolute Gasteiger partial charge is 0.283 e. The number of rotatable bonds is 5. The summed E-state index contributed by atoms with van der Waals surface area (Å²) in [6.45, 7) is 3.83. The fourth-order valence-electron chi connectivity index (χ4n) is 2.49. The van der Waals surface area contributed by atoms with Gasteiger partial charge in [0.05, 0.1) is 65.2 Å². The Morgan fingerprint density at radius 3 is 1.76 bits per heavy atom. The highest BCUT2D eigenvalue weighted by Crippen LogP contribution is 2.36. The molecule has 0 unspecified atom stereocenters. The molecule has 11 nitrogen and oxygen atoms in total. The first-order chi connectivity index (χ1) is 11.6. The van der Waals surface area contributed by atoms with Crippen LogP contribution in [0.4, 0.5) is 17.1 Å². The lowest BCUT2D eigenvalue weighted by atomic mass is 10.2. The van der Waals surface area contributed by atoms with Crippen LogP contribution < -0.4 is 5.11 Å². The van der Waals surface area contributed by atoms with Gasteiger partial charge < -0.3 is 9.59 Å². The van der Waals surface area contributed by atoms with Crippen LogP contribution in [0.2, 0.25) is 0 Å². The van der Waals surface area contributed by atoms with Crippen LogP contribution in [-0.2, 0) is 0 Å². The highest BCUT2D eigenvalue weighted by Gasteiger charge is 2.25. The predicted molar refractivity (Wildman–Crippen MR) is 86.6 cm³/mol.